The van der Waals surface area contributed by atoms with E-state index in [1.165, 1.54) is 30.1 Å². The number of fused-ring (bicyclic) bond motifs is 1. The Kier molecular flexibility index (Phi) is 6.42. The van der Waals surface area contributed by atoms with E-state index in [1.54, 1.807) is 18.2 Å². The molecule has 0 aliphatic carbocycles. The van der Waals surface area contributed by atoms with Crippen molar-refractivity contribution in [1.29, 1.82) is 0 Å². The first kappa shape index (κ1) is 21.1. The Morgan fingerprint density at radius 1 is 1.21 bits per heavy atom. The van der Waals surface area contributed by atoms with Gasteiger partial charge < -0.3 is 19.1 Å². The van der Waals surface area contributed by atoms with Crippen LogP contribution in [0.3, 0.4) is 0 Å². The number of rotatable bonds is 5. The second kappa shape index (κ2) is 8.82. The van der Waals surface area contributed by atoms with Gasteiger partial charge in [-0.15, -0.1) is 13.2 Å². The van der Waals surface area contributed by atoms with Crippen LogP contribution >= 0.6 is 11.6 Å². The fraction of sp³-hybridized carbons (Fsp3) is 0.350. The Morgan fingerprint density at radius 3 is 2.69 bits per heavy atom. The van der Waals surface area contributed by atoms with Gasteiger partial charge in [-0.1, -0.05) is 29.8 Å². The molecule has 9 heteroatoms. The lowest BCUT2D eigenvalue weighted by Crippen LogP contribution is -2.28. The molecule has 1 aliphatic heterocycles. The molecule has 0 unspecified atom stereocenters. The zero-order valence-electron chi connectivity index (χ0n) is 15.6. The van der Waals surface area contributed by atoms with E-state index >= 15 is 0 Å². The maximum Gasteiger partial charge on any atom is 0.573 e. The number of ether oxygens (including phenoxy) is 3. The highest BCUT2D eigenvalue weighted by molar-refractivity contribution is 6.32. The van der Waals surface area contributed by atoms with Crippen molar-refractivity contribution in [2.75, 3.05) is 20.3 Å². The molecule has 0 aromatic heterocycles. The van der Waals surface area contributed by atoms with Gasteiger partial charge >= 0.3 is 6.36 Å². The Bertz CT molecular complexity index is 889. The summed E-state index contributed by atoms with van der Waals surface area (Å²) in [7, 11) is 1.51. The van der Waals surface area contributed by atoms with Gasteiger partial charge in [0.05, 0.1) is 24.7 Å². The van der Waals surface area contributed by atoms with Gasteiger partial charge in [-0.3, -0.25) is 4.79 Å². The molecule has 3 rings (SSSR count). The second-order valence-electron chi connectivity index (χ2n) is 6.54. The lowest BCUT2D eigenvalue weighted by Gasteiger charge is -2.20. The van der Waals surface area contributed by atoms with E-state index in [0.717, 1.165) is 6.42 Å². The fourth-order valence-electron chi connectivity index (χ4n) is 2.90. The van der Waals surface area contributed by atoms with Gasteiger partial charge in [0, 0.05) is 25.6 Å². The van der Waals surface area contributed by atoms with Gasteiger partial charge in [0.25, 0.3) is 0 Å². The molecule has 0 saturated heterocycles. The van der Waals surface area contributed by atoms with Gasteiger partial charge in [0.15, 0.2) is 11.5 Å². The first-order valence-corrected chi connectivity index (χ1v) is 9.26. The Labute approximate surface area is 170 Å². The van der Waals surface area contributed by atoms with Gasteiger partial charge in [-0.2, -0.15) is 0 Å². The molecule has 1 aliphatic rings. The third-order valence-corrected chi connectivity index (χ3v) is 4.53. The third kappa shape index (κ3) is 5.69. The number of amides is 1. The van der Waals surface area contributed by atoms with E-state index < -0.39 is 6.36 Å². The quantitative estimate of drug-likeness (QED) is 0.697. The summed E-state index contributed by atoms with van der Waals surface area (Å²) in [6.45, 7) is 0.938. The lowest BCUT2D eigenvalue weighted by molar-refractivity contribution is -0.275. The molecule has 0 spiro atoms. The number of likely N-dealkylation sites (N-methyl/N-ethyl adjacent to an activating group) is 1. The number of carbonyl (C=O) groups is 1. The molecule has 0 radical (unpaired) electrons. The zero-order valence-corrected chi connectivity index (χ0v) is 16.3. The summed E-state index contributed by atoms with van der Waals surface area (Å²) in [5, 5.41) is 0.346. The average Bonchev–Trinajstić information content (AvgIpc) is 2.88. The number of benzene rings is 2. The summed E-state index contributed by atoms with van der Waals surface area (Å²) >= 11 is 6.24. The third-order valence-electron chi connectivity index (χ3n) is 4.25. The van der Waals surface area contributed by atoms with Crippen molar-refractivity contribution in [3.8, 4) is 17.2 Å². The Morgan fingerprint density at radius 2 is 1.93 bits per heavy atom. The van der Waals surface area contributed by atoms with Gasteiger partial charge in [-0.25, -0.2) is 0 Å². The van der Waals surface area contributed by atoms with Crippen molar-refractivity contribution in [3.63, 3.8) is 0 Å². The van der Waals surface area contributed by atoms with Crippen molar-refractivity contribution in [3.05, 3.63) is 52.5 Å². The Hall–Kier alpha value is -2.61. The molecule has 2 aromatic carbocycles. The van der Waals surface area contributed by atoms with Crippen LogP contribution in [0.15, 0.2) is 36.4 Å². The normalized spacial score (nSPS) is 13.6. The van der Waals surface area contributed by atoms with E-state index in [0.29, 0.717) is 35.3 Å². The van der Waals surface area contributed by atoms with Crippen molar-refractivity contribution >= 4 is 17.5 Å². The van der Waals surface area contributed by atoms with E-state index in [4.69, 9.17) is 21.1 Å². The average molecular weight is 430 g/mol. The number of halogens is 4. The molecule has 0 atom stereocenters. The maximum absolute atomic E-state index is 12.6. The van der Waals surface area contributed by atoms with Crippen molar-refractivity contribution in [1.82, 2.24) is 4.90 Å². The van der Waals surface area contributed by atoms with E-state index in [9.17, 15) is 18.0 Å². The minimum atomic E-state index is -4.81. The van der Waals surface area contributed by atoms with Crippen LogP contribution < -0.4 is 14.2 Å². The first-order chi connectivity index (χ1) is 13.7. The van der Waals surface area contributed by atoms with Crippen molar-refractivity contribution in [2.24, 2.45) is 0 Å². The molecular formula is C20H19ClF3NO4. The molecule has 29 heavy (non-hydrogen) atoms. The highest BCUT2D eigenvalue weighted by atomic mass is 35.5. The Balaban J connectivity index is 1.71. The van der Waals surface area contributed by atoms with Crippen LogP contribution in [-0.4, -0.2) is 37.4 Å². The maximum atomic E-state index is 12.6. The van der Waals surface area contributed by atoms with Gasteiger partial charge in [0.2, 0.25) is 5.91 Å². The summed E-state index contributed by atoms with van der Waals surface area (Å²) in [5.41, 5.74) is 0.869. The summed E-state index contributed by atoms with van der Waals surface area (Å²) < 4.78 is 52.9. The molecule has 1 amide bonds. The van der Waals surface area contributed by atoms with E-state index in [1.807, 2.05) is 0 Å². The molecule has 0 saturated carbocycles. The van der Waals surface area contributed by atoms with Gasteiger partial charge in [-0.05, 0) is 23.8 Å². The number of hydrogen-bond acceptors (Lipinski definition) is 4. The predicted octanol–water partition coefficient (Wildman–Crippen LogP) is 4.60. The van der Waals surface area contributed by atoms with Crippen LogP contribution in [0, 0.1) is 0 Å². The number of carbonyl (C=O) groups excluding carboxylic acids is 1. The molecular weight excluding hydrogens is 411 g/mol. The number of nitrogens with zero attached hydrogens (tertiary/aromatic N) is 1. The second-order valence-corrected chi connectivity index (χ2v) is 6.94. The van der Waals surface area contributed by atoms with Crippen LogP contribution in [0.1, 0.15) is 17.5 Å². The number of hydrogen-bond donors (Lipinski definition) is 0. The predicted molar refractivity (Wildman–Crippen MR) is 100 cm³/mol. The van der Waals surface area contributed by atoms with E-state index in [2.05, 4.69) is 4.74 Å². The summed E-state index contributed by atoms with van der Waals surface area (Å²) in [6.07, 6.45) is -4.07. The highest BCUT2D eigenvalue weighted by Gasteiger charge is 2.32. The largest absolute Gasteiger partial charge is 0.573 e. The molecule has 0 fully saturated rings. The molecule has 1 heterocycles. The standard InChI is InChI=1S/C20H19ClF3NO4/c1-25(12-14-5-2-3-6-16(14)29-20(22,23)24)18(26)11-13-9-15(21)19-17(10-13)27-7-4-8-28-19/h2-3,5-6,9-10H,4,7-8,11-12H2,1H3. The van der Waals surface area contributed by atoms with Crippen LogP contribution in [0.2, 0.25) is 5.02 Å². The van der Waals surface area contributed by atoms with Crippen molar-refractivity contribution in [2.45, 2.75) is 25.7 Å². The monoisotopic (exact) mass is 429 g/mol. The molecule has 0 N–H and O–H groups in total. The topological polar surface area (TPSA) is 48.0 Å². The minimum absolute atomic E-state index is 0.00908. The summed E-state index contributed by atoms with van der Waals surface area (Å²) in [6, 6.07) is 9.03. The molecule has 0 bridgehead atoms. The fourth-order valence-corrected chi connectivity index (χ4v) is 3.19. The number of alkyl halides is 3. The van der Waals surface area contributed by atoms with Crippen LogP contribution in [0.25, 0.3) is 0 Å². The van der Waals surface area contributed by atoms with Crippen LogP contribution in [0.5, 0.6) is 17.2 Å². The zero-order chi connectivity index (χ0) is 21.0. The minimum Gasteiger partial charge on any atom is -0.489 e. The van der Waals surface area contributed by atoms with Crippen molar-refractivity contribution < 1.29 is 32.2 Å². The van der Waals surface area contributed by atoms with Gasteiger partial charge in [0.1, 0.15) is 5.75 Å². The highest BCUT2D eigenvalue weighted by Crippen LogP contribution is 2.38. The number of para-hydroxylation sites is 1. The van der Waals surface area contributed by atoms with E-state index in [-0.39, 0.29) is 30.2 Å². The van der Waals surface area contributed by atoms with Crippen LogP contribution in [0.4, 0.5) is 13.2 Å². The first-order valence-electron chi connectivity index (χ1n) is 8.88. The smallest absolute Gasteiger partial charge is 0.489 e. The molecule has 2 aromatic rings. The molecule has 5 nitrogen and oxygen atoms in total. The lowest BCUT2D eigenvalue weighted by atomic mass is 10.1. The summed E-state index contributed by atoms with van der Waals surface area (Å²) in [5.74, 6) is 0.298. The molecule has 156 valence electrons. The SMILES string of the molecule is CN(Cc1ccccc1OC(F)(F)F)C(=O)Cc1cc(Cl)c2c(c1)OCCCO2. The summed E-state index contributed by atoms with van der Waals surface area (Å²) in [4.78, 5) is 13.9. The van der Waals surface area contributed by atoms with Crippen LogP contribution in [-0.2, 0) is 17.8 Å².